The van der Waals surface area contributed by atoms with Gasteiger partial charge >= 0.3 is 6.09 Å². The molecule has 90 valence electrons. The summed E-state index contributed by atoms with van der Waals surface area (Å²) >= 11 is 0. The van der Waals surface area contributed by atoms with Crippen LogP contribution >= 0.6 is 0 Å². The molecule has 0 radical (unpaired) electrons. The fourth-order valence-corrected chi connectivity index (χ4v) is 1.50. The van der Waals surface area contributed by atoms with Crippen LogP contribution in [0.4, 0.5) is 4.79 Å². The molecular weight excluding hydrogens is 220 g/mol. The van der Waals surface area contributed by atoms with E-state index in [1.165, 1.54) is 0 Å². The molecule has 0 bridgehead atoms. The first-order valence-electron chi connectivity index (χ1n) is 5.11. The van der Waals surface area contributed by atoms with Crippen LogP contribution in [-0.4, -0.2) is 24.4 Å². The minimum Gasteiger partial charge on any atom is -0.497 e. The monoisotopic (exact) mass is 234 g/mol. The van der Waals surface area contributed by atoms with E-state index in [0.29, 0.717) is 0 Å². The molecule has 1 rings (SSSR count). The highest BCUT2D eigenvalue weighted by atomic mass is 16.5. The zero-order chi connectivity index (χ0) is 12.8. The van der Waals surface area contributed by atoms with Crippen molar-refractivity contribution in [1.29, 1.82) is 5.26 Å². The molecule has 1 aromatic carbocycles. The van der Waals surface area contributed by atoms with Gasteiger partial charge < -0.3 is 15.2 Å². The molecule has 2 atom stereocenters. The number of carbonyl (C=O) groups is 1. The third-order valence-electron chi connectivity index (χ3n) is 2.56. The highest BCUT2D eigenvalue weighted by Crippen LogP contribution is 2.21. The summed E-state index contributed by atoms with van der Waals surface area (Å²) in [5, 5.41) is 19.7. The van der Waals surface area contributed by atoms with Crippen molar-refractivity contribution in [3.63, 3.8) is 0 Å². The van der Waals surface area contributed by atoms with E-state index in [9.17, 15) is 4.79 Å². The number of benzene rings is 1. The lowest BCUT2D eigenvalue weighted by Gasteiger charge is -2.18. The molecule has 0 aromatic heterocycles. The summed E-state index contributed by atoms with van der Waals surface area (Å²) in [6, 6.07) is 8.37. The van der Waals surface area contributed by atoms with Gasteiger partial charge in [0.2, 0.25) is 0 Å². The number of hydrogen-bond acceptors (Lipinski definition) is 3. The van der Waals surface area contributed by atoms with E-state index in [1.807, 2.05) is 18.2 Å². The topological polar surface area (TPSA) is 82.3 Å². The Bertz CT molecular complexity index is 422. The van der Waals surface area contributed by atoms with Crippen LogP contribution in [0.15, 0.2) is 24.3 Å². The molecule has 0 saturated heterocycles. The lowest BCUT2D eigenvalue weighted by Crippen LogP contribution is -2.36. The van der Waals surface area contributed by atoms with Crippen molar-refractivity contribution < 1.29 is 14.6 Å². The van der Waals surface area contributed by atoms with Crippen molar-refractivity contribution in [3.05, 3.63) is 29.8 Å². The third-order valence-corrected chi connectivity index (χ3v) is 2.56. The standard InChI is InChI=1S/C12H14N2O3/c1-8(11(7-13)14-12(15)16)9-3-5-10(17-2)6-4-9/h3-6,8,11,14H,1-2H3,(H,15,16)/t8-,11-/m1/s1. The summed E-state index contributed by atoms with van der Waals surface area (Å²) in [4.78, 5) is 10.5. The minimum absolute atomic E-state index is 0.220. The number of rotatable bonds is 4. The van der Waals surface area contributed by atoms with E-state index in [0.717, 1.165) is 11.3 Å². The second kappa shape index (κ2) is 5.75. The first-order chi connectivity index (χ1) is 8.08. The van der Waals surface area contributed by atoms with E-state index in [-0.39, 0.29) is 5.92 Å². The summed E-state index contributed by atoms with van der Waals surface area (Å²) < 4.78 is 5.03. The van der Waals surface area contributed by atoms with Crippen LogP contribution in [-0.2, 0) is 0 Å². The molecule has 0 fully saturated rings. The van der Waals surface area contributed by atoms with Gasteiger partial charge in [0.25, 0.3) is 0 Å². The largest absolute Gasteiger partial charge is 0.497 e. The maximum atomic E-state index is 10.5. The number of carboxylic acid groups (broad SMARTS) is 1. The van der Waals surface area contributed by atoms with Gasteiger partial charge in [-0.2, -0.15) is 5.26 Å². The van der Waals surface area contributed by atoms with E-state index >= 15 is 0 Å². The van der Waals surface area contributed by atoms with Gasteiger partial charge in [-0.15, -0.1) is 0 Å². The smallest absolute Gasteiger partial charge is 0.405 e. The molecule has 5 nitrogen and oxygen atoms in total. The molecule has 17 heavy (non-hydrogen) atoms. The number of hydrogen-bond donors (Lipinski definition) is 2. The molecule has 0 aliphatic carbocycles. The van der Waals surface area contributed by atoms with Crippen LogP contribution in [0.1, 0.15) is 18.4 Å². The van der Waals surface area contributed by atoms with Gasteiger partial charge in [0.1, 0.15) is 11.8 Å². The molecule has 0 aliphatic rings. The SMILES string of the molecule is COc1ccc([C@@H](C)[C@@H](C#N)NC(=O)O)cc1. The Morgan fingerprint density at radius 3 is 2.47 bits per heavy atom. The van der Waals surface area contributed by atoms with Gasteiger partial charge in [0, 0.05) is 5.92 Å². The quantitative estimate of drug-likeness (QED) is 0.834. The summed E-state index contributed by atoms with van der Waals surface area (Å²) in [7, 11) is 1.57. The number of ether oxygens (including phenoxy) is 1. The Morgan fingerprint density at radius 1 is 1.47 bits per heavy atom. The molecule has 5 heteroatoms. The van der Waals surface area contributed by atoms with Crippen molar-refractivity contribution in [2.24, 2.45) is 0 Å². The van der Waals surface area contributed by atoms with Gasteiger partial charge in [0.15, 0.2) is 0 Å². The van der Waals surface area contributed by atoms with E-state index in [4.69, 9.17) is 15.1 Å². The fourth-order valence-electron chi connectivity index (χ4n) is 1.50. The van der Waals surface area contributed by atoms with Gasteiger partial charge in [-0.3, -0.25) is 0 Å². The Hall–Kier alpha value is -2.22. The normalized spacial score (nSPS) is 13.2. The van der Waals surface area contributed by atoms with Gasteiger partial charge in [0.05, 0.1) is 13.2 Å². The molecule has 2 N–H and O–H groups in total. The molecule has 0 heterocycles. The molecule has 0 spiro atoms. The Labute approximate surface area is 99.6 Å². The van der Waals surface area contributed by atoms with Crippen molar-refractivity contribution >= 4 is 6.09 Å². The predicted octanol–water partition coefficient (Wildman–Crippen LogP) is 1.96. The predicted molar refractivity (Wildman–Crippen MR) is 62.0 cm³/mol. The van der Waals surface area contributed by atoms with E-state index in [2.05, 4.69) is 5.32 Å². The Morgan fingerprint density at radius 2 is 2.06 bits per heavy atom. The second-order valence-electron chi connectivity index (χ2n) is 3.62. The summed E-state index contributed by atoms with van der Waals surface area (Å²) in [6.07, 6.45) is -1.20. The lowest BCUT2D eigenvalue weighted by molar-refractivity contribution is 0.191. The molecule has 1 amide bonds. The Kier molecular flexibility index (Phi) is 4.35. The van der Waals surface area contributed by atoms with Crippen LogP contribution in [0, 0.1) is 11.3 Å². The third kappa shape index (κ3) is 3.38. The van der Waals surface area contributed by atoms with Crippen molar-refractivity contribution in [2.45, 2.75) is 18.9 Å². The summed E-state index contributed by atoms with van der Waals surface area (Å²) in [6.45, 7) is 1.80. The maximum Gasteiger partial charge on any atom is 0.405 e. The van der Waals surface area contributed by atoms with Crippen molar-refractivity contribution in [3.8, 4) is 11.8 Å². The average Bonchev–Trinajstić information content (AvgIpc) is 2.35. The Balaban J connectivity index is 2.82. The highest BCUT2D eigenvalue weighted by Gasteiger charge is 2.20. The van der Waals surface area contributed by atoms with Crippen LogP contribution < -0.4 is 10.1 Å². The summed E-state index contributed by atoms with van der Waals surface area (Å²) in [5.41, 5.74) is 0.881. The zero-order valence-corrected chi connectivity index (χ0v) is 9.68. The lowest BCUT2D eigenvalue weighted by atomic mass is 9.94. The van der Waals surface area contributed by atoms with Crippen molar-refractivity contribution in [1.82, 2.24) is 5.32 Å². The number of methoxy groups -OCH3 is 1. The van der Waals surface area contributed by atoms with Crippen molar-refractivity contribution in [2.75, 3.05) is 7.11 Å². The fraction of sp³-hybridized carbons (Fsp3) is 0.333. The number of nitrogens with one attached hydrogen (secondary N) is 1. The minimum atomic E-state index is -1.20. The van der Waals surface area contributed by atoms with Crippen LogP contribution in [0.25, 0.3) is 0 Å². The van der Waals surface area contributed by atoms with E-state index in [1.54, 1.807) is 26.2 Å². The number of amides is 1. The van der Waals surface area contributed by atoms with Crippen LogP contribution in [0.3, 0.4) is 0 Å². The van der Waals surface area contributed by atoms with E-state index < -0.39 is 12.1 Å². The maximum absolute atomic E-state index is 10.5. The number of nitrogens with zero attached hydrogens (tertiary/aromatic N) is 1. The molecule has 1 aromatic rings. The van der Waals surface area contributed by atoms with Gasteiger partial charge in [-0.25, -0.2) is 4.79 Å². The first kappa shape index (κ1) is 12.8. The average molecular weight is 234 g/mol. The summed E-state index contributed by atoms with van der Waals surface area (Å²) in [5.74, 6) is 0.502. The van der Waals surface area contributed by atoms with Gasteiger partial charge in [-0.05, 0) is 17.7 Å². The molecule has 0 aliphatic heterocycles. The first-order valence-corrected chi connectivity index (χ1v) is 5.11. The van der Waals surface area contributed by atoms with Crippen LogP contribution in [0.2, 0.25) is 0 Å². The zero-order valence-electron chi connectivity index (χ0n) is 9.68. The highest BCUT2D eigenvalue weighted by molar-refractivity contribution is 5.65. The number of nitriles is 1. The van der Waals surface area contributed by atoms with Gasteiger partial charge in [-0.1, -0.05) is 19.1 Å². The second-order valence-corrected chi connectivity index (χ2v) is 3.62. The van der Waals surface area contributed by atoms with Crippen LogP contribution in [0.5, 0.6) is 5.75 Å². The molecule has 0 unspecified atom stereocenters. The molecular formula is C12H14N2O3. The molecule has 0 saturated carbocycles.